The Morgan fingerprint density at radius 3 is 1.00 bits per heavy atom. The summed E-state index contributed by atoms with van der Waals surface area (Å²) in [5, 5.41) is 0. The molecule has 3 rings (SSSR count). The summed E-state index contributed by atoms with van der Waals surface area (Å²) in [6.45, 7) is 0. The lowest BCUT2D eigenvalue weighted by atomic mass is 9.67. The average molecular weight is 288 g/mol. The van der Waals surface area contributed by atoms with Crippen molar-refractivity contribution in [3.63, 3.8) is 0 Å². The molecule has 0 saturated carbocycles. The minimum Gasteiger partial charge on any atom is -0.315 e. The van der Waals surface area contributed by atoms with Crippen LogP contribution in [0.2, 0.25) is 0 Å². The summed E-state index contributed by atoms with van der Waals surface area (Å²) in [6.07, 6.45) is -0.556. The Morgan fingerprint density at radius 2 is 0.773 bits per heavy atom. The van der Waals surface area contributed by atoms with E-state index < -0.39 is 11.6 Å². The number of benzene rings is 3. The molecule has 0 aliphatic rings. The van der Waals surface area contributed by atoms with Crippen LogP contribution in [-0.2, 0) is 5.41 Å². The lowest BCUT2D eigenvalue weighted by Crippen LogP contribution is -2.53. The summed E-state index contributed by atoms with van der Waals surface area (Å²) < 4.78 is 0. The highest BCUT2D eigenvalue weighted by molar-refractivity contribution is 5.51. The van der Waals surface area contributed by atoms with Gasteiger partial charge < -0.3 is 11.5 Å². The fourth-order valence-corrected chi connectivity index (χ4v) is 3.18. The van der Waals surface area contributed by atoms with Crippen LogP contribution in [0.1, 0.15) is 16.7 Å². The molecule has 0 radical (unpaired) electrons. The van der Waals surface area contributed by atoms with Gasteiger partial charge in [0.2, 0.25) is 0 Å². The van der Waals surface area contributed by atoms with Gasteiger partial charge in [0.15, 0.2) is 0 Å². The van der Waals surface area contributed by atoms with Gasteiger partial charge >= 0.3 is 0 Å². The predicted octanol–water partition coefficient (Wildman–Crippen LogP) is 3.26. The summed E-state index contributed by atoms with van der Waals surface area (Å²) in [5.41, 5.74) is 15.4. The molecule has 4 N–H and O–H groups in total. The molecule has 0 fully saturated rings. The fourth-order valence-electron chi connectivity index (χ4n) is 3.18. The molecular formula is C20H20N2. The zero-order valence-electron chi connectivity index (χ0n) is 12.4. The molecule has 0 unspecified atom stereocenters. The van der Waals surface area contributed by atoms with Gasteiger partial charge in [0.1, 0.15) is 0 Å². The Kier molecular flexibility index (Phi) is 4.05. The molecule has 3 aromatic carbocycles. The average Bonchev–Trinajstić information content (AvgIpc) is 2.58. The van der Waals surface area contributed by atoms with Crippen LogP contribution < -0.4 is 11.5 Å². The first kappa shape index (κ1) is 14.5. The lowest BCUT2D eigenvalue weighted by Gasteiger charge is -2.39. The molecule has 0 aromatic heterocycles. The summed E-state index contributed by atoms with van der Waals surface area (Å²) >= 11 is 0. The molecule has 110 valence electrons. The topological polar surface area (TPSA) is 52.0 Å². The van der Waals surface area contributed by atoms with Gasteiger partial charge in [-0.15, -0.1) is 0 Å². The van der Waals surface area contributed by atoms with Gasteiger partial charge in [0, 0.05) is 0 Å². The van der Waals surface area contributed by atoms with Crippen molar-refractivity contribution in [2.45, 2.75) is 11.6 Å². The molecule has 2 nitrogen and oxygen atoms in total. The molecule has 3 aromatic rings. The van der Waals surface area contributed by atoms with Crippen LogP contribution in [0.5, 0.6) is 0 Å². The third kappa shape index (κ3) is 2.33. The smallest absolute Gasteiger partial charge is 0.0732 e. The van der Waals surface area contributed by atoms with E-state index in [2.05, 4.69) is 36.4 Å². The van der Waals surface area contributed by atoms with E-state index in [9.17, 15) is 0 Å². The van der Waals surface area contributed by atoms with E-state index in [-0.39, 0.29) is 0 Å². The third-order valence-corrected chi connectivity index (χ3v) is 4.19. The summed E-state index contributed by atoms with van der Waals surface area (Å²) in [7, 11) is 0. The van der Waals surface area contributed by atoms with Crippen molar-refractivity contribution in [1.82, 2.24) is 0 Å². The van der Waals surface area contributed by atoms with Crippen molar-refractivity contribution in [2.75, 3.05) is 0 Å². The molecular weight excluding hydrogens is 268 g/mol. The second-order valence-corrected chi connectivity index (χ2v) is 5.43. The Bertz CT molecular complexity index is 610. The first-order valence-corrected chi connectivity index (χ1v) is 7.44. The first-order chi connectivity index (χ1) is 10.8. The second-order valence-electron chi connectivity index (χ2n) is 5.43. The fraction of sp³-hybridized carbons (Fsp3) is 0.100. The maximum Gasteiger partial charge on any atom is 0.0732 e. The number of hydrogen-bond acceptors (Lipinski definition) is 2. The van der Waals surface area contributed by atoms with Crippen molar-refractivity contribution in [2.24, 2.45) is 11.5 Å². The molecule has 22 heavy (non-hydrogen) atoms. The van der Waals surface area contributed by atoms with Crippen LogP contribution in [0.25, 0.3) is 0 Å². The molecule has 0 spiro atoms. The summed E-state index contributed by atoms with van der Waals surface area (Å²) in [4.78, 5) is 0. The van der Waals surface area contributed by atoms with E-state index >= 15 is 0 Å². The zero-order chi connectivity index (χ0) is 15.4. The Balaban J connectivity index is 2.34. The number of nitrogens with two attached hydrogens (primary N) is 2. The van der Waals surface area contributed by atoms with Crippen molar-refractivity contribution >= 4 is 0 Å². The Morgan fingerprint density at radius 1 is 0.500 bits per heavy atom. The highest BCUT2D eigenvalue weighted by Gasteiger charge is 2.40. The maximum atomic E-state index is 6.35. The van der Waals surface area contributed by atoms with E-state index in [0.29, 0.717) is 0 Å². The Hall–Kier alpha value is -2.42. The van der Waals surface area contributed by atoms with Crippen molar-refractivity contribution < 1.29 is 0 Å². The van der Waals surface area contributed by atoms with Crippen molar-refractivity contribution in [3.05, 3.63) is 108 Å². The largest absolute Gasteiger partial charge is 0.315 e. The van der Waals surface area contributed by atoms with Crippen LogP contribution >= 0.6 is 0 Å². The third-order valence-electron chi connectivity index (χ3n) is 4.19. The van der Waals surface area contributed by atoms with Crippen molar-refractivity contribution in [3.8, 4) is 0 Å². The van der Waals surface area contributed by atoms with Crippen LogP contribution in [0.4, 0.5) is 0 Å². The normalized spacial score (nSPS) is 11.6. The minimum atomic E-state index is -0.566. The molecule has 0 amide bonds. The summed E-state index contributed by atoms with van der Waals surface area (Å²) in [5.74, 6) is 0. The Labute approximate surface area is 131 Å². The maximum absolute atomic E-state index is 6.35. The van der Waals surface area contributed by atoms with Crippen LogP contribution in [0, 0.1) is 0 Å². The second kappa shape index (κ2) is 6.14. The monoisotopic (exact) mass is 288 g/mol. The first-order valence-electron chi connectivity index (χ1n) is 7.44. The standard InChI is InChI=1S/C20H20N2/c21-19(22)20(16-10-4-1-5-11-16,17-12-6-2-7-13-17)18-14-8-3-9-15-18/h1-15,19H,21-22H2. The quantitative estimate of drug-likeness (QED) is 0.572. The van der Waals surface area contributed by atoms with Gasteiger partial charge in [-0.3, -0.25) is 0 Å². The van der Waals surface area contributed by atoms with Crippen molar-refractivity contribution in [1.29, 1.82) is 0 Å². The predicted molar refractivity (Wildman–Crippen MR) is 91.4 cm³/mol. The molecule has 0 heterocycles. The molecule has 0 aliphatic heterocycles. The number of rotatable bonds is 4. The van der Waals surface area contributed by atoms with E-state index in [1.54, 1.807) is 0 Å². The van der Waals surface area contributed by atoms with E-state index in [0.717, 1.165) is 16.7 Å². The van der Waals surface area contributed by atoms with Gasteiger partial charge in [-0.2, -0.15) is 0 Å². The summed E-state index contributed by atoms with van der Waals surface area (Å²) in [6, 6.07) is 30.7. The van der Waals surface area contributed by atoms with E-state index in [1.807, 2.05) is 54.6 Å². The molecule has 0 bridgehead atoms. The zero-order valence-corrected chi connectivity index (χ0v) is 12.4. The van der Waals surface area contributed by atoms with E-state index in [4.69, 9.17) is 11.5 Å². The van der Waals surface area contributed by atoms with Gasteiger partial charge in [0.05, 0.1) is 11.6 Å². The molecule has 0 saturated heterocycles. The molecule has 0 atom stereocenters. The molecule has 0 aliphatic carbocycles. The molecule has 2 heteroatoms. The van der Waals surface area contributed by atoms with Crippen LogP contribution in [0.3, 0.4) is 0 Å². The van der Waals surface area contributed by atoms with E-state index in [1.165, 1.54) is 0 Å². The van der Waals surface area contributed by atoms with Gasteiger partial charge in [-0.05, 0) is 16.7 Å². The van der Waals surface area contributed by atoms with Gasteiger partial charge in [-0.25, -0.2) is 0 Å². The minimum absolute atomic E-state index is 0.556. The van der Waals surface area contributed by atoms with Gasteiger partial charge in [0.25, 0.3) is 0 Å². The van der Waals surface area contributed by atoms with Crippen LogP contribution in [-0.4, -0.2) is 6.17 Å². The number of hydrogen-bond donors (Lipinski definition) is 2. The SMILES string of the molecule is NC(N)C(c1ccccc1)(c1ccccc1)c1ccccc1. The van der Waals surface area contributed by atoms with Gasteiger partial charge in [-0.1, -0.05) is 91.0 Å². The highest BCUT2D eigenvalue weighted by atomic mass is 14.9. The van der Waals surface area contributed by atoms with Crippen LogP contribution in [0.15, 0.2) is 91.0 Å². The highest BCUT2D eigenvalue weighted by Crippen LogP contribution is 2.39. The lowest BCUT2D eigenvalue weighted by molar-refractivity contribution is 0.487.